The fraction of sp³-hybridized carbons (Fsp3) is 0.333. The third-order valence-electron chi connectivity index (χ3n) is 2.24. The van der Waals surface area contributed by atoms with E-state index in [2.05, 4.69) is 11.9 Å². The maximum Gasteiger partial charge on any atom is 0.124 e. The molecule has 0 aliphatic heterocycles. The molecule has 0 bridgehead atoms. The smallest absolute Gasteiger partial charge is 0.124 e. The van der Waals surface area contributed by atoms with E-state index in [4.69, 9.17) is 11.6 Å². The van der Waals surface area contributed by atoms with E-state index in [1.165, 1.54) is 12.1 Å². The van der Waals surface area contributed by atoms with E-state index in [-0.39, 0.29) is 11.9 Å². The summed E-state index contributed by atoms with van der Waals surface area (Å²) in [6.45, 7) is 5.82. The molecule has 82 valence electrons. The zero-order chi connectivity index (χ0) is 11.4. The first-order chi connectivity index (χ1) is 7.04. The summed E-state index contributed by atoms with van der Waals surface area (Å²) in [5.74, 6) is -0.311. The molecule has 3 heteroatoms. The Morgan fingerprint density at radius 3 is 2.73 bits per heavy atom. The lowest BCUT2D eigenvalue weighted by molar-refractivity contribution is 0.584. The molecule has 1 aromatic carbocycles. The van der Waals surface area contributed by atoms with E-state index in [1.807, 2.05) is 14.0 Å². The minimum atomic E-state index is -0.311. The highest BCUT2D eigenvalue weighted by molar-refractivity contribution is 6.31. The first kappa shape index (κ1) is 12.2. The van der Waals surface area contributed by atoms with Gasteiger partial charge in [0.1, 0.15) is 5.82 Å². The van der Waals surface area contributed by atoms with Crippen LogP contribution in [0.3, 0.4) is 0 Å². The Balaban J connectivity index is 2.96. The van der Waals surface area contributed by atoms with Crippen LogP contribution >= 0.6 is 11.6 Å². The first-order valence-corrected chi connectivity index (χ1v) is 5.19. The van der Waals surface area contributed by atoms with Crippen LogP contribution in [0.15, 0.2) is 30.4 Å². The molecule has 0 aromatic heterocycles. The predicted octanol–water partition coefficient (Wildman–Crippen LogP) is 3.71. The topological polar surface area (TPSA) is 12.0 Å². The van der Waals surface area contributed by atoms with Crippen LogP contribution in [0.4, 0.5) is 4.39 Å². The van der Waals surface area contributed by atoms with Crippen molar-refractivity contribution in [3.05, 3.63) is 46.8 Å². The van der Waals surface area contributed by atoms with Crippen LogP contribution < -0.4 is 5.32 Å². The zero-order valence-corrected chi connectivity index (χ0v) is 9.74. The van der Waals surface area contributed by atoms with Gasteiger partial charge in [-0.05, 0) is 38.1 Å². The van der Waals surface area contributed by atoms with E-state index in [1.54, 1.807) is 6.07 Å². The summed E-state index contributed by atoms with van der Waals surface area (Å²) in [6.07, 6.45) is 0.794. The normalized spacial score (nSPS) is 12.5. The van der Waals surface area contributed by atoms with Crippen molar-refractivity contribution in [3.8, 4) is 0 Å². The van der Waals surface area contributed by atoms with Gasteiger partial charge in [-0.2, -0.15) is 0 Å². The fourth-order valence-electron chi connectivity index (χ4n) is 1.50. The van der Waals surface area contributed by atoms with E-state index in [0.29, 0.717) is 5.02 Å². The molecular formula is C12H15ClFN. The molecule has 0 aliphatic rings. The molecule has 0 heterocycles. The van der Waals surface area contributed by atoms with Gasteiger partial charge in [0.25, 0.3) is 0 Å². The quantitative estimate of drug-likeness (QED) is 0.774. The molecule has 0 fully saturated rings. The van der Waals surface area contributed by atoms with Crippen molar-refractivity contribution in [2.24, 2.45) is 0 Å². The van der Waals surface area contributed by atoms with Crippen molar-refractivity contribution in [2.75, 3.05) is 7.05 Å². The molecule has 0 saturated heterocycles. The van der Waals surface area contributed by atoms with Crippen LogP contribution in [-0.4, -0.2) is 7.05 Å². The molecule has 1 atom stereocenters. The molecule has 1 nitrogen and oxygen atoms in total. The second-order valence-corrected chi connectivity index (χ2v) is 4.08. The molecule has 1 aromatic rings. The van der Waals surface area contributed by atoms with E-state index >= 15 is 0 Å². The Morgan fingerprint density at radius 2 is 2.27 bits per heavy atom. The maximum atomic E-state index is 12.9. The molecule has 0 aliphatic carbocycles. The minimum Gasteiger partial charge on any atom is -0.313 e. The number of hydrogen-bond acceptors (Lipinski definition) is 1. The highest BCUT2D eigenvalue weighted by atomic mass is 35.5. The maximum absolute atomic E-state index is 12.9. The standard InChI is InChI=1S/C12H15ClFN/c1-8(2)6-12(15-3)10-5-4-9(14)7-11(10)13/h4-5,7,12,15H,1,6H2,2-3H3. The zero-order valence-electron chi connectivity index (χ0n) is 8.98. The number of rotatable bonds is 4. The summed E-state index contributed by atoms with van der Waals surface area (Å²) in [5, 5.41) is 3.60. The van der Waals surface area contributed by atoms with E-state index in [0.717, 1.165) is 17.6 Å². The second-order valence-electron chi connectivity index (χ2n) is 3.67. The summed E-state index contributed by atoms with van der Waals surface area (Å²) in [5.41, 5.74) is 1.97. The largest absolute Gasteiger partial charge is 0.313 e. The number of hydrogen-bond donors (Lipinski definition) is 1. The van der Waals surface area contributed by atoms with Gasteiger partial charge in [-0.25, -0.2) is 4.39 Å². The molecule has 1 N–H and O–H groups in total. The van der Waals surface area contributed by atoms with Crippen molar-refractivity contribution in [1.82, 2.24) is 5.32 Å². The number of nitrogens with one attached hydrogen (secondary N) is 1. The van der Waals surface area contributed by atoms with Crippen molar-refractivity contribution in [3.63, 3.8) is 0 Å². The van der Waals surface area contributed by atoms with Gasteiger partial charge in [-0.1, -0.05) is 23.2 Å². The van der Waals surface area contributed by atoms with Crippen LogP contribution in [0.5, 0.6) is 0 Å². The predicted molar refractivity (Wildman–Crippen MR) is 62.6 cm³/mol. The Bertz CT molecular complexity index is 363. The lowest BCUT2D eigenvalue weighted by Gasteiger charge is -2.17. The molecule has 0 saturated carbocycles. The Kier molecular flexibility index (Phi) is 4.30. The van der Waals surface area contributed by atoms with Crippen molar-refractivity contribution in [1.29, 1.82) is 0 Å². The molecule has 0 radical (unpaired) electrons. The SMILES string of the molecule is C=C(C)CC(NC)c1ccc(F)cc1Cl. The van der Waals surface area contributed by atoms with Crippen LogP contribution in [-0.2, 0) is 0 Å². The summed E-state index contributed by atoms with van der Waals surface area (Å²) in [7, 11) is 1.85. The lowest BCUT2D eigenvalue weighted by Crippen LogP contribution is -2.17. The van der Waals surface area contributed by atoms with Crippen LogP contribution in [0.25, 0.3) is 0 Å². The lowest BCUT2D eigenvalue weighted by atomic mass is 10.0. The Hall–Kier alpha value is -0.860. The van der Waals surface area contributed by atoms with Gasteiger partial charge >= 0.3 is 0 Å². The highest BCUT2D eigenvalue weighted by Crippen LogP contribution is 2.27. The summed E-state index contributed by atoms with van der Waals surface area (Å²) < 4.78 is 12.9. The highest BCUT2D eigenvalue weighted by Gasteiger charge is 2.13. The number of halogens is 2. The van der Waals surface area contributed by atoms with Crippen molar-refractivity contribution < 1.29 is 4.39 Å². The molecule has 1 unspecified atom stereocenters. The van der Waals surface area contributed by atoms with Crippen molar-refractivity contribution >= 4 is 11.6 Å². The molecule has 0 amide bonds. The summed E-state index contributed by atoms with van der Waals surface area (Å²) >= 11 is 5.98. The van der Waals surface area contributed by atoms with Gasteiger partial charge in [0.15, 0.2) is 0 Å². The van der Waals surface area contributed by atoms with Gasteiger partial charge in [0.2, 0.25) is 0 Å². The van der Waals surface area contributed by atoms with Gasteiger partial charge in [-0.3, -0.25) is 0 Å². The minimum absolute atomic E-state index is 0.0931. The molecule has 1 rings (SSSR count). The third kappa shape index (κ3) is 3.33. The number of benzene rings is 1. The van der Waals surface area contributed by atoms with Gasteiger partial charge in [0, 0.05) is 11.1 Å². The van der Waals surface area contributed by atoms with Crippen LogP contribution in [0, 0.1) is 5.82 Å². The van der Waals surface area contributed by atoms with Gasteiger partial charge in [0.05, 0.1) is 0 Å². The van der Waals surface area contributed by atoms with E-state index < -0.39 is 0 Å². The molecule has 15 heavy (non-hydrogen) atoms. The van der Waals surface area contributed by atoms with E-state index in [9.17, 15) is 4.39 Å². The summed E-state index contributed by atoms with van der Waals surface area (Å²) in [4.78, 5) is 0. The third-order valence-corrected chi connectivity index (χ3v) is 2.57. The second kappa shape index (κ2) is 5.29. The monoisotopic (exact) mass is 227 g/mol. The molecule has 0 spiro atoms. The average molecular weight is 228 g/mol. The average Bonchev–Trinajstić information content (AvgIpc) is 2.14. The molecular weight excluding hydrogens is 213 g/mol. The fourth-order valence-corrected chi connectivity index (χ4v) is 1.80. The van der Waals surface area contributed by atoms with Crippen molar-refractivity contribution in [2.45, 2.75) is 19.4 Å². The van der Waals surface area contributed by atoms with Crippen LogP contribution in [0.1, 0.15) is 24.9 Å². The first-order valence-electron chi connectivity index (χ1n) is 4.81. The van der Waals surface area contributed by atoms with Gasteiger partial charge < -0.3 is 5.32 Å². The van der Waals surface area contributed by atoms with Crippen LogP contribution in [0.2, 0.25) is 5.02 Å². The Morgan fingerprint density at radius 1 is 1.60 bits per heavy atom. The van der Waals surface area contributed by atoms with Gasteiger partial charge in [-0.15, -0.1) is 6.58 Å². The summed E-state index contributed by atoms with van der Waals surface area (Å²) in [6, 6.07) is 4.56. The Labute approximate surface area is 95.0 Å².